The fourth-order valence-electron chi connectivity index (χ4n) is 1.41. The van der Waals surface area contributed by atoms with Gasteiger partial charge in [-0.15, -0.1) is 0 Å². The number of nitrogens with zero attached hydrogens (tertiary/aromatic N) is 4. The predicted molar refractivity (Wildman–Crippen MR) is 58.1 cm³/mol. The second kappa shape index (κ2) is 3.68. The third-order valence-electron chi connectivity index (χ3n) is 2.22. The van der Waals surface area contributed by atoms with E-state index < -0.39 is 0 Å². The first-order valence-corrected chi connectivity index (χ1v) is 4.82. The van der Waals surface area contributed by atoms with Gasteiger partial charge in [-0.1, -0.05) is 0 Å². The maximum Gasteiger partial charge on any atom is 0.220 e. The molecule has 2 aromatic heterocycles. The molecule has 0 amide bonds. The fraction of sp³-hybridized carbons (Fsp3) is 0.300. The third-order valence-corrected chi connectivity index (χ3v) is 2.22. The van der Waals surface area contributed by atoms with Gasteiger partial charge >= 0.3 is 0 Å². The van der Waals surface area contributed by atoms with Crippen LogP contribution in [0.4, 0.5) is 5.95 Å². The summed E-state index contributed by atoms with van der Waals surface area (Å²) in [6.45, 7) is 4.84. The summed E-state index contributed by atoms with van der Waals surface area (Å²) < 4.78 is 1.85. The minimum atomic E-state index is 0.292. The molecule has 5 heteroatoms. The average molecular weight is 203 g/mol. The first-order valence-electron chi connectivity index (χ1n) is 4.82. The first kappa shape index (κ1) is 9.64. The molecule has 0 aliphatic carbocycles. The third kappa shape index (κ3) is 1.81. The maximum absolute atomic E-state index is 5.55. The van der Waals surface area contributed by atoms with E-state index in [4.69, 9.17) is 5.73 Å². The number of hydrogen-bond donors (Lipinski definition) is 1. The molecule has 0 bridgehead atoms. The van der Waals surface area contributed by atoms with Crippen molar-refractivity contribution in [3.05, 3.63) is 24.2 Å². The molecule has 0 saturated heterocycles. The summed E-state index contributed by atoms with van der Waals surface area (Å²) in [7, 11) is 0. The van der Waals surface area contributed by atoms with Gasteiger partial charge < -0.3 is 5.73 Å². The number of aromatic nitrogens is 4. The van der Waals surface area contributed by atoms with Crippen LogP contribution in [0.5, 0.6) is 0 Å². The van der Waals surface area contributed by atoms with Crippen molar-refractivity contribution in [3.63, 3.8) is 0 Å². The van der Waals surface area contributed by atoms with Gasteiger partial charge in [0.2, 0.25) is 5.95 Å². The molecular weight excluding hydrogens is 190 g/mol. The summed E-state index contributed by atoms with van der Waals surface area (Å²) in [4.78, 5) is 8.14. The van der Waals surface area contributed by atoms with E-state index in [1.165, 1.54) is 0 Å². The van der Waals surface area contributed by atoms with Crippen LogP contribution in [0.2, 0.25) is 0 Å². The van der Waals surface area contributed by atoms with Gasteiger partial charge in [-0.05, 0) is 19.4 Å². The fourth-order valence-corrected chi connectivity index (χ4v) is 1.41. The van der Waals surface area contributed by atoms with E-state index >= 15 is 0 Å². The maximum atomic E-state index is 5.55. The van der Waals surface area contributed by atoms with Crippen LogP contribution in [0.1, 0.15) is 12.5 Å². The highest BCUT2D eigenvalue weighted by atomic mass is 15.3. The molecule has 2 rings (SSSR count). The molecule has 0 unspecified atom stereocenters. The number of anilines is 1. The molecule has 0 saturated carbocycles. The number of hydrogen-bond acceptors (Lipinski definition) is 4. The Kier molecular flexibility index (Phi) is 2.37. The van der Waals surface area contributed by atoms with Crippen molar-refractivity contribution in [1.82, 2.24) is 19.7 Å². The van der Waals surface area contributed by atoms with Gasteiger partial charge in [0.15, 0.2) is 0 Å². The Bertz CT molecular complexity index is 474. The smallest absolute Gasteiger partial charge is 0.220 e. The molecule has 0 atom stereocenters. The van der Waals surface area contributed by atoms with Crippen molar-refractivity contribution in [2.45, 2.75) is 20.4 Å². The van der Waals surface area contributed by atoms with Gasteiger partial charge in [0.05, 0.1) is 11.9 Å². The molecular formula is C10H13N5. The molecule has 2 heterocycles. The highest BCUT2D eigenvalue weighted by Gasteiger charge is 2.07. The minimum absolute atomic E-state index is 0.292. The van der Waals surface area contributed by atoms with Crippen molar-refractivity contribution in [2.24, 2.45) is 0 Å². The zero-order valence-electron chi connectivity index (χ0n) is 8.81. The lowest BCUT2D eigenvalue weighted by atomic mass is 10.1. The van der Waals surface area contributed by atoms with Crippen LogP contribution < -0.4 is 5.73 Å². The highest BCUT2D eigenvalue weighted by Crippen LogP contribution is 2.20. The van der Waals surface area contributed by atoms with Crippen molar-refractivity contribution >= 4 is 5.95 Å². The van der Waals surface area contributed by atoms with E-state index in [2.05, 4.69) is 15.1 Å². The van der Waals surface area contributed by atoms with Crippen molar-refractivity contribution in [1.29, 1.82) is 0 Å². The van der Waals surface area contributed by atoms with Gasteiger partial charge in [-0.2, -0.15) is 5.10 Å². The Balaban J connectivity index is 2.48. The highest BCUT2D eigenvalue weighted by molar-refractivity contribution is 5.61. The van der Waals surface area contributed by atoms with Crippen LogP contribution in [0.15, 0.2) is 18.6 Å². The second-order valence-electron chi connectivity index (χ2n) is 3.34. The van der Waals surface area contributed by atoms with Crippen molar-refractivity contribution < 1.29 is 0 Å². The van der Waals surface area contributed by atoms with E-state index in [0.29, 0.717) is 5.95 Å². The van der Waals surface area contributed by atoms with Crippen LogP contribution in [0.3, 0.4) is 0 Å². The standard InChI is InChI=1S/C10H13N5/c1-3-15-6-8(5-13-15)9-7(2)4-12-10(11)14-9/h4-6H,3H2,1-2H3,(H2,11,12,14). The molecule has 0 spiro atoms. The Morgan fingerprint density at radius 2 is 2.20 bits per heavy atom. The zero-order chi connectivity index (χ0) is 10.8. The Morgan fingerprint density at radius 3 is 2.87 bits per heavy atom. The topological polar surface area (TPSA) is 69.6 Å². The van der Waals surface area contributed by atoms with E-state index in [0.717, 1.165) is 23.4 Å². The summed E-state index contributed by atoms with van der Waals surface area (Å²) in [5.41, 5.74) is 8.38. The number of nitrogens with two attached hydrogens (primary N) is 1. The Hall–Kier alpha value is -1.91. The van der Waals surface area contributed by atoms with E-state index in [1.807, 2.05) is 24.7 Å². The average Bonchev–Trinajstić information content (AvgIpc) is 2.70. The summed E-state index contributed by atoms with van der Waals surface area (Å²) in [6.07, 6.45) is 5.47. The van der Waals surface area contributed by atoms with E-state index in [9.17, 15) is 0 Å². The molecule has 78 valence electrons. The molecule has 15 heavy (non-hydrogen) atoms. The monoisotopic (exact) mass is 203 g/mol. The number of nitrogen functional groups attached to an aromatic ring is 1. The molecule has 0 fully saturated rings. The Morgan fingerprint density at radius 1 is 1.40 bits per heavy atom. The van der Waals surface area contributed by atoms with Gasteiger partial charge in [0.25, 0.3) is 0 Å². The molecule has 2 aromatic rings. The number of rotatable bonds is 2. The van der Waals surface area contributed by atoms with Gasteiger partial charge in [-0.25, -0.2) is 9.97 Å². The Labute approximate surface area is 88.0 Å². The summed E-state index contributed by atoms with van der Waals surface area (Å²) in [6, 6.07) is 0. The molecule has 0 aromatic carbocycles. The lowest BCUT2D eigenvalue weighted by Crippen LogP contribution is -1.97. The van der Waals surface area contributed by atoms with E-state index in [-0.39, 0.29) is 0 Å². The molecule has 2 N–H and O–H groups in total. The van der Waals surface area contributed by atoms with Gasteiger partial charge in [0.1, 0.15) is 0 Å². The largest absolute Gasteiger partial charge is 0.368 e. The van der Waals surface area contributed by atoms with Crippen LogP contribution in [0.25, 0.3) is 11.3 Å². The van der Waals surface area contributed by atoms with Crippen LogP contribution in [-0.2, 0) is 6.54 Å². The van der Waals surface area contributed by atoms with Crippen molar-refractivity contribution in [3.8, 4) is 11.3 Å². The van der Waals surface area contributed by atoms with Crippen LogP contribution in [0, 0.1) is 6.92 Å². The second-order valence-corrected chi connectivity index (χ2v) is 3.34. The van der Waals surface area contributed by atoms with Crippen LogP contribution >= 0.6 is 0 Å². The summed E-state index contributed by atoms with van der Waals surface area (Å²) in [5.74, 6) is 0.292. The predicted octanol–water partition coefficient (Wildman–Crippen LogP) is 1.25. The summed E-state index contributed by atoms with van der Waals surface area (Å²) in [5, 5.41) is 4.20. The molecule has 0 radical (unpaired) electrons. The van der Waals surface area contributed by atoms with Crippen LogP contribution in [-0.4, -0.2) is 19.7 Å². The van der Waals surface area contributed by atoms with Gasteiger partial charge in [0, 0.05) is 24.5 Å². The molecule has 0 aliphatic heterocycles. The zero-order valence-corrected chi connectivity index (χ0v) is 8.81. The molecule has 0 aliphatic rings. The van der Waals surface area contributed by atoms with E-state index in [1.54, 1.807) is 12.4 Å². The number of aryl methyl sites for hydroxylation is 2. The lowest BCUT2D eigenvalue weighted by Gasteiger charge is -2.01. The lowest BCUT2D eigenvalue weighted by molar-refractivity contribution is 0.660. The quantitative estimate of drug-likeness (QED) is 0.797. The SMILES string of the molecule is CCn1cc(-c2nc(N)ncc2C)cn1. The first-order chi connectivity index (χ1) is 7.20. The van der Waals surface area contributed by atoms with Crippen molar-refractivity contribution in [2.75, 3.05) is 5.73 Å². The summed E-state index contributed by atoms with van der Waals surface area (Å²) >= 11 is 0. The molecule has 5 nitrogen and oxygen atoms in total. The minimum Gasteiger partial charge on any atom is -0.368 e. The van der Waals surface area contributed by atoms with Gasteiger partial charge in [-0.3, -0.25) is 4.68 Å². The normalized spacial score (nSPS) is 10.5.